The second-order valence-corrected chi connectivity index (χ2v) is 7.16. The number of anilines is 1. The highest BCUT2D eigenvalue weighted by Gasteiger charge is 2.35. The SMILES string of the molecule is O=C(Nc1cc(CCc2ccccc2)ccn1)C1CCCN1C(=O)c1ccco1. The number of amides is 2. The van der Waals surface area contributed by atoms with E-state index >= 15 is 0 Å². The fourth-order valence-electron chi connectivity index (χ4n) is 3.67. The molecular weight excluding hydrogens is 366 g/mol. The number of likely N-dealkylation sites (tertiary alicyclic amines) is 1. The molecule has 2 aromatic heterocycles. The minimum Gasteiger partial charge on any atom is -0.459 e. The Balaban J connectivity index is 1.39. The molecule has 1 fully saturated rings. The summed E-state index contributed by atoms with van der Waals surface area (Å²) in [6, 6.07) is 16.9. The first-order valence-electron chi connectivity index (χ1n) is 9.85. The molecule has 0 aliphatic carbocycles. The Morgan fingerprint density at radius 1 is 1.07 bits per heavy atom. The van der Waals surface area contributed by atoms with Gasteiger partial charge in [-0.25, -0.2) is 4.98 Å². The molecule has 1 N–H and O–H groups in total. The predicted octanol–water partition coefficient (Wildman–Crippen LogP) is 3.70. The summed E-state index contributed by atoms with van der Waals surface area (Å²) in [4.78, 5) is 31.2. The van der Waals surface area contributed by atoms with Crippen LogP contribution in [-0.4, -0.2) is 34.3 Å². The van der Waals surface area contributed by atoms with Crippen molar-refractivity contribution in [2.24, 2.45) is 0 Å². The van der Waals surface area contributed by atoms with Gasteiger partial charge in [-0.2, -0.15) is 0 Å². The normalized spacial score (nSPS) is 16.0. The summed E-state index contributed by atoms with van der Waals surface area (Å²) in [6.45, 7) is 0.544. The molecule has 4 rings (SSSR count). The molecule has 6 heteroatoms. The molecule has 6 nitrogen and oxygen atoms in total. The molecule has 1 atom stereocenters. The first kappa shape index (κ1) is 18.9. The van der Waals surface area contributed by atoms with E-state index in [9.17, 15) is 9.59 Å². The van der Waals surface area contributed by atoms with Gasteiger partial charge in [-0.1, -0.05) is 30.3 Å². The van der Waals surface area contributed by atoms with Gasteiger partial charge in [0.05, 0.1) is 6.26 Å². The summed E-state index contributed by atoms with van der Waals surface area (Å²) in [5.74, 6) is 0.302. The minimum absolute atomic E-state index is 0.213. The molecule has 3 heterocycles. The van der Waals surface area contributed by atoms with Crippen LogP contribution in [0.25, 0.3) is 0 Å². The Morgan fingerprint density at radius 3 is 2.69 bits per heavy atom. The van der Waals surface area contributed by atoms with E-state index in [1.54, 1.807) is 23.2 Å². The average molecular weight is 389 g/mol. The number of hydrogen-bond acceptors (Lipinski definition) is 4. The second kappa shape index (κ2) is 8.73. The number of hydrogen-bond donors (Lipinski definition) is 1. The van der Waals surface area contributed by atoms with Crippen molar-refractivity contribution in [3.63, 3.8) is 0 Å². The lowest BCUT2D eigenvalue weighted by atomic mass is 10.1. The monoisotopic (exact) mass is 389 g/mol. The molecule has 2 amide bonds. The fraction of sp³-hybridized carbons (Fsp3) is 0.261. The summed E-state index contributed by atoms with van der Waals surface area (Å²) >= 11 is 0. The number of rotatable bonds is 6. The number of carbonyl (C=O) groups excluding carboxylic acids is 2. The van der Waals surface area contributed by atoms with E-state index in [-0.39, 0.29) is 17.6 Å². The van der Waals surface area contributed by atoms with E-state index in [0.29, 0.717) is 18.8 Å². The van der Waals surface area contributed by atoms with Gasteiger partial charge in [0.25, 0.3) is 5.91 Å². The molecule has 1 unspecified atom stereocenters. The smallest absolute Gasteiger partial charge is 0.290 e. The zero-order valence-electron chi connectivity index (χ0n) is 16.1. The van der Waals surface area contributed by atoms with E-state index in [0.717, 1.165) is 24.8 Å². The van der Waals surface area contributed by atoms with Crippen molar-refractivity contribution in [1.29, 1.82) is 0 Å². The van der Waals surface area contributed by atoms with E-state index in [1.165, 1.54) is 11.8 Å². The molecule has 0 bridgehead atoms. The molecule has 0 spiro atoms. The van der Waals surface area contributed by atoms with Crippen LogP contribution >= 0.6 is 0 Å². The number of nitrogens with zero attached hydrogens (tertiary/aromatic N) is 2. The predicted molar refractivity (Wildman–Crippen MR) is 109 cm³/mol. The lowest BCUT2D eigenvalue weighted by molar-refractivity contribution is -0.119. The summed E-state index contributed by atoms with van der Waals surface area (Å²) < 4.78 is 5.20. The van der Waals surface area contributed by atoms with Crippen molar-refractivity contribution < 1.29 is 14.0 Å². The van der Waals surface area contributed by atoms with Crippen molar-refractivity contribution >= 4 is 17.6 Å². The zero-order valence-corrected chi connectivity index (χ0v) is 16.1. The van der Waals surface area contributed by atoms with Gasteiger partial charge in [0.15, 0.2) is 5.76 Å². The molecule has 3 aromatic rings. The standard InChI is InChI=1S/C23H23N3O3/c27-22(19-8-4-14-26(19)23(28)20-9-5-15-29-20)25-21-16-18(12-13-24-21)11-10-17-6-2-1-3-7-17/h1-3,5-7,9,12-13,15-16,19H,4,8,10-11,14H2,(H,24,25,27). The Labute approximate surface area is 169 Å². The topological polar surface area (TPSA) is 75.4 Å². The van der Waals surface area contributed by atoms with Gasteiger partial charge in [0.1, 0.15) is 11.9 Å². The first-order chi connectivity index (χ1) is 14.2. The van der Waals surface area contributed by atoms with E-state index < -0.39 is 6.04 Å². The van der Waals surface area contributed by atoms with Crippen LogP contribution in [0.15, 0.2) is 71.5 Å². The van der Waals surface area contributed by atoms with Crippen LogP contribution < -0.4 is 5.32 Å². The highest BCUT2D eigenvalue weighted by molar-refractivity contribution is 6.00. The van der Waals surface area contributed by atoms with Gasteiger partial charge in [-0.3, -0.25) is 9.59 Å². The van der Waals surface area contributed by atoms with Crippen LogP contribution in [-0.2, 0) is 17.6 Å². The first-order valence-corrected chi connectivity index (χ1v) is 9.85. The van der Waals surface area contributed by atoms with E-state index in [1.807, 2.05) is 30.3 Å². The maximum atomic E-state index is 12.8. The minimum atomic E-state index is -0.512. The Morgan fingerprint density at radius 2 is 1.90 bits per heavy atom. The van der Waals surface area contributed by atoms with Crippen LogP contribution in [0.5, 0.6) is 0 Å². The largest absolute Gasteiger partial charge is 0.459 e. The lowest BCUT2D eigenvalue weighted by Gasteiger charge is -2.22. The van der Waals surface area contributed by atoms with Gasteiger partial charge < -0.3 is 14.6 Å². The third kappa shape index (κ3) is 4.54. The summed E-state index contributed by atoms with van der Waals surface area (Å²) in [5.41, 5.74) is 2.38. The van der Waals surface area contributed by atoms with Crippen LogP contribution in [0.3, 0.4) is 0 Å². The van der Waals surface area contributed by atoms with E-state index in [4.69, 9.17) is 4.42 Å². The van der Waals surface area contributed by atoms with Crippen molar-refractivity contribution in [2.75, 3.05) is 11.9 Å². The maximum absolute atomic E-state index is 12.8. The summed E-state index contributed by atoms with van der Waals surface area (Å²) in [6.07, 6.45) is 6.37. The molecule has 1 aromatic carbocycles. The van der Waals surface area contributed by atoms with Crippen LogP contribution in [0.2, 0.25) is 0 Å². The number of benzene rings is 1. The summed E-state index contributed by atoms with van der Waals surface area (Å²) in [7, 11) is 0. The third-order valence-electron chi connectivity index (χ3n) is 5.17. The number of pyridine rings is 1. The van der Waals surface area contributed by atoms with Crippen molar-refractivity contribution in [2.45, 2.75) is 31.7 Å². The molecular formula is C23H23N3O3. The molecule has 0 saturated carbocycles. The van der Waals surface area contributed by atoms with Gasteiger partial charge in [-0.15, -0.1) is 0 Å². The van der Waals surface area contributed by atoms with Crippen molar-refractivity contribution in [3.8, 4) is 0 Å². The van der Waals surface area contributed by atoms with Crippen molar-refractivity contribution in [1.82, 2.24) is 9.88 Å². The Bertz CT molecular complexity index is 970. The lowest BCUT2D eigenvalue weighted by Crippen LogP contribution is -2.43. The number of aryl methyl sites for hydroxylation is 2. The number of carbonyl (C=O) groups is 2. The van der Waals surface area contributed by atoms with Gasteiger partial charge in [0, 0.05) is 12.7 Å². The van der Waals surface area contributed by atoms with E-state index in [2.05, 4.69) is 22.4 Å². The molecule has 1 saturated heterocycles. The Hall–Kier alpha value is -3.41. The van der Waals surface area contributed by atoms with Crippen LogP contribution in [0.1, 0.15) is 34.5 Å². The molecule has 1 aliphatic rings. The second-order valence-electron chi connectivity index (χ2n) is 7.16. The zero-order chi connectivity index (χ0) is 20.1. The molecule has 0 radical (unpaired) electrons. The average Bonchev–Trinajstić information content (AvgIpc) is 3.45. The molecule has 148 valence electrons. The number of furan rings is 1. The highest BCUT2D eigenvalue weighted by atomic mass is 16.3. The Kier molecular flexibility index (Phi) is 5.70. The third-order valence-corrected chi connectivity index (χ3v) is 5.17. The van der Waals surface area contributed by atoms with Gasteiger partial charge in [0.2, 0.25) is 5.91 Å². The van der Waals surface area contributed by atoms with Gasteiger partial charge >= 0.3 is 0 Å². The molecule has 1 aliphatic heterocycles. The van der Waals surface area contributed by atoms with Crippen molar-refractivity contribution in [3.05, 3.63) is 83.9 Å². The maximum Gasteiger partial charge on any atom is 0.290 e. The highest BCUT2D eigenvalue weighted by Crippen LogP contribution is 2.22. The quantitative estimate of drug-likeness (QED) is 0.697. The fourth-order valence-corrected chi connectivity index (χ4v) is 3.67. The van der Waals surface area contributed by atoms with Crippen LogP contribution in [0, 0.1) is 0 Å². The number of aromatic nitrogens is 1. The van der Waals surface area contributed by atoms with Crippen LogP contribution in [0.4, 0.5) is 5.82 Å². The van der Waals surface area contributed by atoms with Gasteiger partial charge in [-0.05, 0) is 61.1 Å². The number of nitrogens with one attached hydrogen (secondary N) is 1. The molecule has 29 heavy (non-hydrogen) atoms. The summed E-state index contributed by atoms with van der Waals surface area (Å²) in [5, 5.41) is 2.88.